The van der Waals surface area contributed by atoms with Crippen molar-refractivity contribution in [2.45, 2.75) is 46.2 Å². The Bertz CT molecular complexity index is 530. The lowest BCUT2D eigenvalue weighted by atomic mass is 9.90. The normalized spacial score (nSPS) is 14.3. The highest BCUT2D eigenvalue weighted by molar-refractivity contribution is 5.21. The fourth-order valence-electron chi connectivity index (χ4n) is 2.97. The molecule has 1 aromatic carbocycles. The van der Waals surface area contributed by atoms with Gasteiger partial charge in [-0.1, -0.05) is 51.1 Å². The summed E-state index contributed by atoms with van der Waals surface area (Å²) in [5.74, 6) is 1.60. The molecule has 0 aliphatic rings. The van der Waals surface area contributed by atoms with Crippen LogP contribution in [0.15, 0.2) is 42.7 Å². The van der Waals surface area contributed by atoms with Crippen molar-refractivity contribution in [2.24, 2.45) is 5.92 Å². The molecule has 114 valence electrons. The summed E-state index contributed by atoms with van der Waals surface area (Å²) in [6.45, 7) is 9.89. The molecule has 0 bridgehead atoms. The van der Waals surface area contributed by atoms with E-state index in [0.717, 1.165) is 18.8 Å². The predicted molar refractivity (Wildman–Crippen MR) is 88.3 cm³/mol. The Morgan fingerprint density at radius 2 is 1.90 bits per heavy atom. The molecule has 3 nitrogen and oxygen atoms in total. The Labute approximate surface area is 128 Å². The van der Waals surface area contributed by atoms with Crippen molar-refractivity contribution < 1.29 is 0 Å². The Kier molecular flexibility index (Phi) is 5.57. The van der Waals surface area contributed by atoms with Gasteiger partial charge in [0, 0.05) is 12.4 Å². The molecule has 21 heavy (non-hydrogen) atoms. The van der Waals surface area contributed by atoms with E-state index < -0.39 is 0 Å². The van der Waals surface area contributed by atoms with Crippen LogP contribution in [0.1, 0.15) is 50.7 Å². The standard InChI is InChI=1S/C18H27N3/c1-5-11-20-17(16-9-7-6-8-10-16)18(14(2)3)21-13-12-19-15(21)4/h6-10,12-14,17-18,20H,5,11H2,1-4H3. The van der Waals surface area contributed by atoms with Gasteiger partial charge in [-0.15, -0.1) is 0 Å². The third-order valence-electron chi connectivity index (χ3n) is 3.98. The number of hydrogen-bond acceptors (Lipinski definition) is 2. The van der Waals surface area contributed by atoms with Crippen LogP contribution in [0, 0.1) is 12.8 Å². The molecule has 2 unspecified atom stereocenters. The first kappa shape index (κ1) is 15.8. The minimum Gasteiger partial charge on any atom is -0.330 e. The summed E-state index contributed by atoms with van der Waals surface area (Å²) in [5, 5.41) is 3.73. The molecule has 0 aliphatic heterocycles. The summed E-state index contributed by atoms with van der Waals surface area (Å²) >= 11 is 0. The molecular formula is C18H27N3. The van der Waals surface area contributed by atoms with Gasteiger partial charge in [0.1, 0.15) is 5.82 Å². The second kappa shape index (κ2) is 7.41. The van der Waals surface area contributed by atoms with Gasteiger partial charge >= 0.3 is 0 Å². The van der Waals surface area contributed by atoms with Crippen molar-refractivity contribution in [3.63, 3.8) is 0 Å². The molecule has 1 N–H and O–H groups in total. The smallest absolute Gasteiger partial charge is 0.105 e. The number of imidazole rings is 1. The molecule has 0 spiro atoms. The van der Waals surface area contributed by atoms with Crippen LogP contribution in [-0.2, 0) is 0 Å². The third kappa shape index (κ3) is 3.73. The first-order valence-corrected chi connectivity index (χ1v) is 7.93. The van der Waals surface area contributed by atoms with E-state index in [2.05, 4.69) is 79.1 Å². The molecule has 2 atom stereocenters. The number of rotatable bonds is 7. The van der Waals surface area contributed by atoms with E-state index >= 15 is 0 Å². The van der Waals surface area contributed by atoms with Crippen molar-refractivity contribution in [3.05, 3.63) is 54.1 Å². The van der Waals surface area contributed by atoms with Gasteiger partial charge in [-0.2, -0.15) is 0 Å². The van der Waals surface area contributed by atoms with Gasteiger partial charge in [0.25, 0.3) is 0 Å². The number of hydrogen-bond donors (Lipinski definition) is 1. The molecule has 2 aromatic rings. The Morgan fingerprint density at radius 3 is 2.43 bits per heavy atom. The molecule has 0 fully saturated rings. The lowest BCUT2D eigenvalue weighted by Crippen LogP contribution is -2.34. The second-order valence-corrected chi connectivity index (χ2v) is 5.96. The van der Waals surface area contributed by atoms with Gasteiger partial charge in [-0.05, 0) is 31.4 Å². The van der Waals surface area contributed by atoms with Gasteiger partial charge in [0.15, 0.2) is 0 Å². The van der Waals surface area contributed by atoms with Crippen LogP contribution in [0.2, 0.25) is 0 Å². The van der Waals surface area contributed by atoms with E-state index in [0.29, 0.717) is 18.0 Å². The Morgan fingerprint density at radius 1 is 1.19 bits per heavy atom. The number of aromatic nitrogens is 2. The van der Waals surface area contributed by atoms with Crippen LogP contribution < -0.4 is 5.32 Å². The zero-order valence-corrected chi connectivity index (χ0v) is 13.6. The summed E-state index contributed by atoms with van der Waals surface area (Å²) in [6.07, 6.45) is 5.13. The lowest BCUT2D eigenvalue weighted by molar-refractivity contribution is 0.275. The quantitative estimate of drug-likeness (QED) is 0.829. The van der Waals surface area contributed by atoms with Crippen molar-refractivity contribution >= 4 is 0 Å². The third-order valence-corrected chi connectivity index (χ3v) is 3.98. The molecule has 3 heteroatoms. The first-order chi connectivity index (χ1) is 10.1. The Balaban J connectivity index is 2.38. The van der Waals surface area contributed by atoms with Gasteiger partial charge in [-0.3, -0.25) is 0 Å². The van der Waals surface area contributed by atoms with Gasteiger partial charge < -0.3 is 9.88 Å². The molecule has 0 aliphatic carbocycles. The van der Waals surface area contributed by atoms with E-state index in [-0.39, 0.29) is 0 Å². The lowest BCUT2D eigenvalue weighted by Gasteiger charge is -2.33. The number of benzene rings is 1. The fraction of sp³-hybridized carbons (Fsp3) is 0.500. The van der Waals surface area contributed by atoms with E-state index in [9.17, 15) is 0 Å². The molecule has 2 rings (SSSR count). The molecule has 0 saturated carbocycles. The average Bonchev–Trinajstić information content (AvgIpc) is 2.89. The van der Waals surface area contributed by atoms with Gasteiger partial charge in [0.05, 0.1) is 12.1 Å². The highest BCUT2D eigenvalue weighted by atomic mass is 15.1. The van der Waals surface area contributed by atoms with Gasteiger partial charge in [-0.25, -0.2) is 4.98 Å². The minimum atomic E-state index is 0.305. The number of aryl methyl sites for hydroxylation is 1. The summed E-state index contributed by atoms with van der Waals surface area (Å²) in [5.41, 5.74) is 1.35. The number of nitrogens with zero attached hydrogens (tertiary/aromatic N) is 2. The zero-order valence-electron chi connectivity index (χ0n) is 13.6. The van der Waals surface area contributed by atoms with E-state index in [4.69, 9.17) is 0 Å². The topological polar surface area (TPSA) is 29.9 Å². The molecular weight excluding hydrogens is 258 g/mol. The van der Waals surface area contributed by atoms with Gasteiger partial charge in [0.2, 0.25) is 0 Å². The Hall–Kier alpha value is -1.61. The zero-order chi connectivity index (χ0) is 15.2. The van der Waals surface area contributed by atoms with Crippen molar-refractivity contribution in [1.82, 2.24) is 14.9 Å². The summed E-state index contributed by atoms with van der Waals surface area (Å²) in [7, 11) is 0. The predicted octanol–water partition coefficient (Wildman–Crippen LogP) is 4.13. The van der Waals surface area contributed by atoms with Crippen molar-refractivity contribution in [3.8, 4) is 0 Å². The maximum absolute atomic E-state index is 4.41. The summed E-state index contributed by atoms with van der Waals surface area (Å²) < 4.78 is 2.31. The molecule has 1 aromatic heterocycles. The largest absolute Gasteiger partial charge is 0.330 e. The average molecular weight is 285 g/mol. The minimum absolute atomic E-state index is 0.305. The van der Waals surface area contributed by atoms with E-state index in [1.807, 2.05) is 6.20 Å². The molecule has 1 heterocycles. The van der Waals surface area contributed by atoms with Crippen LogP contribution in [-0.4, -0.2) is 16.1 Å². The van der Waals surface area contributed by atoms with Crippen LogP contribution in [0.5, 0.6) is 0 Å². The fourth-order valence-corrected chi connectivity index (χ4v) is 2.97. The monoisotopic (exact) mass is 285 g/mol. The van der Waals surface area contributed by atoms with Crippen LogP contribution in [0.3, 0.4) is 0 Å². The van der Waals surface area contributed by atoms with Crippen LogP contribution in [0.4, 0.5) is 0 Å². The highest BCUT2D eigenvalue weighted by Gasteiger charge is 2.27. The molecule has 0 saturated heterocycles. The summed E-state index contributed by atoms with van der Waals surface area (Å²) in [4.78, 5) is 4.41. The summed E-state index contributed by atoms with van der Waals surface area (Å²) in [6, 6.07) is 11.4. The van der Waals surface area contributed by atoms with Crippen molar-refractivity contribution in [1.29, 1.82) is 0 Å². The maximum atomic E-state index is 4.41. The van der Waals surface area contributed by atoms with Crippen LogP contribution >= 0.6 is 0 Å². The van der Waals surface area contributed by atoms with Crippen molar-refractivity contribution in [2.75, 3.05) is 6.54 Å². The molecule has 0 radical (unpaired) electrons. The highest BCUT2D eigenvalue weighted by Crippen LogP contribution is 2.33. The van der Waals surface area contributed by atoms with E-state index in [1.165, 1.54) is 5.56 Å². The second-order valence-electron chi connectivity index (χ2n) is 5.96. The maximum Gasteiger partial charge on any atom is 0.105 e. The number of nitrogens with one attached hydrogen (secondary N) is 1. The SMILES string of the molecule is CCCNC(c1ccccc1)C(C(C)C)n1ccnc1C. The first-order valence-electron chi connectivity index (χ1n) is 7.93. The van der Waals surface area contributed by atoms with Crippen LogP contribution in [0.25, 0.3) is 0 Å². The molecule has 0 amide bonds. The van der Waals surface area contributed by atoms with E-state index in [1.54, 1.807) is 0 Å².